The van der Waals surface area contributed by atoms with Crippen LogP contribution < -0.4 is 5.32 Å². The summed E-state index contributed by atoms with van der Waals surface area (Å²) in [5, 5.41) is 14.0. The molecule has 1 N–H and O–H groups in total. The Labute approximate surface area is 105 Å². The van der Waals surface area contributed by atoms with Gasteiger partial charge in [0.05, 0.1) is 4.92 Å². The van der Waals surface area contributed by atoms with Gasteiger partial charge in [-0.05, 0) is 25.0 Å². The van der Waals surface area contributed by atoms with E-state index in [0.717, 1.165) is 24.2 Å². The van der Waals surface area contributed by atoms with Crippen LogP contribution in [-0.4, -0.2) is 11.5 Å². The van der Waals surface area contributed by atoms with E-state index in [1.54, 1.807) is 13.0 Å². The van der Waals surface area contributed by atoms with Crippen LogP contribution in [0.25, 0.3) is 0 Å². The van der Waals surface area contributed by atoms with Gasteiger partial charge in [0, 0.05) is 24.7 Å². The van der Waals surface area contributed by atoms with Crippen molar-refractivity contribution in [1.82, 2.24) is 0 Å². The van der Waals surface area contributed by atoms with Crippen LogP contribution in [0.5, 0.6) is 0 Å². The van der Waals surface area contributed by atoms with Gasteiger partial charge in [-0.1, -0.05) is 11.6 Å². The summed E-state index contributed by atoms with van der Waals surface area (Å²) in [7, 11) is 0. The number of terminal acetylenes is 1. The lowest BCUT2D eigenvalue weighted by molar-refractivity contribution is -0.384. The minimum absolute atomic E-state index is 0.0710. The zero-order valence-corrected chi connectivity index (χ0v) is 10.3. The normalized spacial score (nSPS) is 9.71. The van der Waals surface area contributed by atoms with Crippen molar-refractivity contribution in [3.63, 3.8) is 0 Å². The first-order valence-corrected chi connectivity index (χ1v) is 5.56. The van der Waals surface area contributed by atoms with Crippen LogP contribution in [0, 0.1) is 29.4 Å². The Kier molecular flexibility index (Phi) is 4.80. The smallest absolute Gasteiger partial charge is 0.288 e. The molecule has 0 saturated carbocycles. The average Bonchev–Trinajstić information content (AvgIpc) is 2.28. The summed E-state index contributed by atoms with van der Waals surface area (Å²) >= 11 is 5.82. The Balaban J connectivity index is 2.78. The number of nitrogens with zero attached hydrogens (tertiary/aromatic N) is 1. The quantitative estimate of drug-likeness (QED) is 0.378. The molecule has 0 fully saturated rings. The van der Waals surface area contributed by atoms with Crippen LogP contribution >= 0.6 is 11.6 Å². The predicted molar refractivity (Wildman–Crippen MR) is 69.4 cm³/mol. The topological polar surface area (TPSA) is 55.2 Å². The summed E-state index contributed by atoms with van der Waals surface area (Å²) in [5.74, 6) is 2.55. The largest absolute Gasteiger partial charge is 0.385 e. The molecule has 5 heteroatoms. The van der Waals surface area contributed by atoms with Crippen LogP contribution in [-0.2, 0) is 0 Å². The Morgan fingerprint density at radius 2 is 2.29 bits per heavy atom. The number of hydrogen-bond acceptors (Lipinski definition) is 3. The third-order valence-corrected chi connectivity index (χ3v) is 2.61. The van der Waals surface area contributed by atoms with Gasteiger partial charge in [-0.15, -0.1) is 12.3 Å². The maximum atomic E-state index is 10.7. The molecule has 0 atom stereocenters. The van der Waals surface area contributed by atoms with E-state index in [-0.39, 0.29) is 10.7 Å². The van der Waals surface area contributed by atoms with Crippen LogP contribution in [0.1, 0.15) is 18.4 Å². The molecule has 0 unspecified atom stereocenters. The van der Waals surface area contributed by atoms with Crippen molar-refractivity contribution in [3.8, 4) is 12.3 Å². The van der Waals surface area contributed by atoms with Crippen molar-refractivity contribution in [1.29, 1.82) is 0 Å². The van der Waals surface area contributed by atoms with Gasteiger partial charge in [0.1, 0.15) is 5.02 Å². The first-order chi connectivity index (χ1) is 8.06. The third-order valence-electron chi connectivity index (χ3n) is 2.30. The monoisotopic (exact) mass is 252 g/mol. The molecule has 17 heavy (non-hydrogen) atoms. The fourth-order valence-electron chi connectivity index (χ4n) is 1.41. The Bertz CT molecular complexity index is 466. The average molecular weight is 253 g/mol. The molecule has 0 aliphatic rings. The van der Waals surface area contributed by atoms with Gasteiger partial charge >= 0.3 is 0 Å². The standard InChI is InChI=1S/C12H13ClN2O2/c1-3-4-5-6-14-11-8-10(13)12(15(16)17)7-9(11)2/h1,7-8,14H,4-6H2,2H3. The van der Waals surface area contributed by atoms with Gasteiger partial charge in [-0.3, -0.25) is 10.1 Å². The van der Waals surface area contributed by atoms with E-state index >= 15 is 0 Å². The van der Waals surface area contributed by atoms with E-state index in [1.165, 1.54) is 6.07 Å². The number of aryl methyl sites for hydroxylation is 1. The molecule has 1 aromatic carbocycles. The molecule has 4 nitrogen and oxygen atoms in total. The predicted octanol–water partition coefficient (Wildman–Crippen LogP) is 3.38. The fourth-order valence-corrected chi connectivity index (χ4v) is 1.64. The zero-order chi connectivity index (χ0) is 12.8. The maximum absolute atomic E-state index is 10.7. The lowest BCUT2D eigenvalue weighted by atomic mass is 10.1. The van der Waals surface area contributed by atoms with Gasteiger partial charge in [-0.25, -0.2) is 0 Å². The fraction of sp³-hybridized carbons (Fsp3) is 0.333. The van der Waals surface area contributed by atoms with Gasteiger partial charge < -0.3 is 5.32 Å². The van der Waals surface area contributed by atoms with Gasteiger partial charge in [0.15, 0.2) is 0 Å². The van der Waals surface area contributed by atoms with Gasteiger partial charge in [-0.2, -0.15) is 0 Å². The molecule has 0 saturated heterocycles. The molecule has 0 aromatic heterocycles. The van der Waals surface area contributed by atoms with E-state index in [4.69, 9.17) is 18.0 Å². The molecule has 0 bridgehead atoms. The number of unbranched alkanes of at least 4 members (excludes halogenated alkanes) is 1. The number of nitrogens with one attached hydrogen (secondary N) is 1. The van der Waals surface area contributed by atoms with Crippen molar-refractivity contribution in [2.24, 2.45) is 0 Å². The second-order valence-corrected chi connectivity index (χ2v) is 4.02. The number of anilines is 1. The molecule has 90 valence electrons. The third kappa shape index (κ3) is 3.65. The van der Waals surface area contributed by atoms with Crippen LogP contribution in [0.15, 0.2) is 12.1 Å². The Morgan fingerprint density at radius 3 is 2.88 bits per heavy atom. The lowest BCUT2D eigenvalue weighted by Crippen LogP contribution is -2.03. The van der Waals surface area contributed by atoms with E-state index in [0.29, 0.717) is 6.42 Å². The number of nitro benzene ring substituents is 1. The summed E-state index contributed by atoms with van der Waals surface area (Å²) < 4.78 is 0. The van der Waals surface area contributed by atoms with Gasteiger partial charge in [0.25, 0.3) is 5.69 Å². The Hall–Kier alpha value is -1.73. The molecule has 0 aliphatic heterocycles. The van der Waals surface area contributed by atoms with Crippen molar-refractivity contribution in [2.45, 2.75) is 19.8 Å². The number of halogens is 1. The van der Waals surface area contributed by atoms with Crippen LogP contribution in [0.3, 0.4) is 0 Å². The summed E-state index contributed by atoms with van der Waals surface area (Å²) in [6.45, 7) is 2.52. The molecular formula is C12H13ClN2O2. The second kappa shape index (κ2) is 6.12. The molecular weight excluding hydrogens is 240 g/mol. The Morgan fingerprint density at radius 1 is 1.59 bits per heavy atom. The van der Waals surface area contributed by atoms with Crippen molar-refractivity contribution in [2.75, 3.05) is 11.9 Å². The molecule has 0 heterocycles. The molecule has 1 aromatic rings. The molecule has 0 radical (unpaired) electrons. The number of nitro groups is 1. The molecule has 0 amide bonds. The minimum atomic E-state index is -0.489. The molecule has 1 rings (SSSR count). The highest BCUT2D eigenvalue weighted by molar-refractivity contribution is 6.33. The highest BCUT2D eigenvalue weighted by atomic mass is 35.5. The van der Waals surface area contributed by atoms with Crippen molar-refractivity contribution < 1.29 is 4.92 Å². The highest BCUT2D eigenvalue weighted by Gasteiger charge is 2.14. The summed E-state index contributed by atoms with van der Waals surface area (Å²) in [5.41, 5.74) is 1.53. The maximum Gasteiger partial charge on any atom is 0.288 e. The summed E-state index contributed by atoms with van der Waals surface area (Å²) in [6.07, 6.45) is 6.69. The second-order valence-electron chi connectivity index (χ2n) is 3.61. The molecule has 0 aliphatic carbocycles. The van der Waals surface area contributed by atoms with E-state index in [2.05, 4.69) is 11.2 Å². The van der Waals surface area contributed by atoms with Crippen LogP contribution in [0.4, 0.5) is 11.4 Å². The number of rotatable bonds is 5. The summed E-state index contributed by atoms with van der Waals surface area (Å²) in [6, 6.07) is 3.04. The SMILES string of the molecule is C#CCCCNc1cc(Cl)c([N+](=O)[O-])cc1C. The van der Waals surface area contributed by atoms with Crippen molar-refractivity contribution in [3.05, 3.63) is 32.8 Å². The lowest BCUT2D eigenvalue weighted by Gasteiger charge is -2.09. The van der Waals surface area contributed by atoms with Crippen LogP contribution in [0.2, 0.25) is 5.02 Å². The summed E-state index contributed by atoms with van der Waals surface area (Å²) in [4.78, 5) is 10.2. The van der Waals surface area contributed by atoms with Crippen molar-refractivity contribution >= 4 is 23.0 Å². The number of hydrogen-bond donors (Lipinski definition) is 1. The minimum Gasteiger partial charge on any atom is -0.385 e. The molecule has 0 spiro atoms. The van der Waals surface area contributed by atoms with E-state index in [1.807, 2.05) is 0 Å². The highest BCUT2D eigenvalue weighted by Crippen LogP contribution is 2.30. The van der Waals surface area contributed by atoms with Gasteiger partial charge in [0.2, 0.25) is 0 Å². The first kappa shape index (κ1) is 13.3. The zero-order valence-electron chi connectivity index (χ0n) is 9.50. The van der Waals surface area contributed by atoms with E-state index < -0.39 is 4.92 Å². The first-order valence-electron chi connectivity index (χ1n) is 5.18. The van der Waals surface area contributed by atoms with E-state index in [9.17, 15) is 10.1 Å². The number of benzene rings is 1.